The van der Waals surface area contributed by atoms with Crippen LogP contribution in [-0.4, -0.2) is 64.0 Å². The lowest BCUT2D eigenvalue weighted by atomic mass is 10.0. The molecule has 4 aromatic rings. The highest BCUT2D eigenvalue weighted by atomic mass is 19.4. The zero-order valence-electron chi connectivity index (χ0n) is 22.4. The highest BCUT2D eigenvalue weighted by Crippen LogP contribution is 2.47. The maximum absolute atomic E-state index is 14.7. The largest absolute Gasteiger partial charge is 0.406 e. The number of nitrogens with one attached hydrogen (secondary N) is 2. The van der Waals surface area contributed by atoms with E-state index in [1.165, 1.54) is 0 Å². The zero-order valence-corrected chi connectivity index (χ0v) is 22.4. The SMILES string of the molecule is CN1CC[C@@H](Nc2cccc3c2cc(-c2noc(CNC(=O)[C@H]4C[C@@H]4c4ccccc4)n2)n3CC(F)(F)F)[C@@H](F)C1. The van der Waals surface area contributed by atoms with Crippen molar-refractivity contribution >= 4 is 22.5 Å². The van der Waals surface area contributed by atoms with E-state index in [0.717, 1.165) is 16.6 Å². The van der Waals surface area contributed by atoms with E-state index in [1.807, 2.05) is 42.3 Å². The first-order valence-electron chi connectivity index (χ1n) is 13.6. The molecule has 0 radical (unpaired) electrons. The standard InChI is InChI=1S/C29H30F4N6O2/c1-38-11-10-23(21(30)15-38)35-22-8-5-9-24-20(22)13-25(39(24)16-29(31,32)33)27-36-26(41-37-27)14-34-28(40)19-12-18(19)17-6-3-2-4-7-17/h2-9,13,18-19,21,23,35H,10-12,14-16H2,1H3,(H,34,40)/t18-,19+,21+,23-/m1/s1. The molecule has 2 aromatic heterocycles. The van der Waals surface area contributed by atoms with Crippen molar-refractivity contribution in [2.24, 2.45) is 5.92 Å². The molecule has 1 amide bonds. The molecule has 0 unspecified atom stereocenters. The van der Waals surface area contributed by atoms with Gasteiger partial charge in [0.1, 0.15) is 12.7 Å². The van der Waals surface area contributed by atoms with Crippen LogP contribution in [0.4, 0.5) is 23.2 Å². The topological polar surface area (TPSA) is 88.2 Å². The highest BCUT2D eigenvalue weighted by Gasteiger charge is 2.43. The predicted molar refractivity (Wildman–Crippen MR) is 145 cm³/mol. The molecule has 0 spiro atoms. The summed E-state index contributed by atoms with van der Waals surface area (Å²) in [7, 11) is 1.85. The second-order valence-electron chi connectivity index (χ2n) is 10.9. The van der Waals surface area contributed by atoms with Crippen molar-refractivity contribution in [3.8, 4) is 11.5 Å². The van der Waals surface area contributed by atoms with Gasteiger partial charge in [-0.15, -0.1) is 0 Å². The van der Waals surface area contributed by atoms with Crippen molar-refractivity contribution in [3.63, 3.8) is 0 Å². The van der Waals surface area contributed by atoms with Gasteiger partial charge in [-0.1, -0.05) is 41.6 Å². The van der Waals surface area contributed by atoms with Gasteiger partial charge in [-0.05, 0) is 49.6 Å². The summed E-state index contributed by atoms with van der Waals surface area (Å²) in [6, 6.07) is 15.8. The Labute approximate surface area is 233 Å². The number of anilines is 1. The number of rotatable bonds is 8. The average Bonchev–Trinajstić information content (AvgIpc) is 3.47. The van der Waals surface area contributed by atoms with Crippen LogP contribution in [0.25, 0.3) is 22.4 Å². The third-order valence-electron chi connectivity index (χ3n) is 7.83. The summed E-state index contributed by atoms with van der Waals surface area (Å²) in [5.74, 6) is -0.0671. The molecule has 6 rings (SSSR count). The van der Waals surface area contributed by atoms with Gasteiger partial charge in [-0.25, -0.2) is 4.39 Å². The number of hydrogen-bond donors (Lipinski definition) is 2. The first kappa shape index (κ1) is 27.3. The Bertz CT molecular complexity index is 1540. The van der Waals surface area contributed by atoms with E-state index in [1.54, 1.807) is 24.3 Å². The van der Waals surface area contributed by atoms with Gasteiger partial charge in [0.05, 0.1) is 23.8 Å². The van der Waals surface area contributed by atoms with Gasteiger partial charge in [0.2, 0.25) is 17.6 Å². The van der Waals surface area contributed by atoms with Gasteiger partial charge in [0, 0.05) is 30.1 Å². The van der Waals surface area contributed by atoms with Crippen LogP contribution in [0.2, 0.25) is 0 Å². The average molecular weight is 571 g/mol. The maximum atomic E-state index is 14.7. The molecule has 1 saturated heterocycles. The maximum Gasteiger partial charge on any atom is 0.406 e. The van der Waals surface area contributed by atoms with E-state index in [4.69, 9.17) is 4.52 Å². The van der Waals surface area contributed by atoms with Gasteiger partial charge >= 0.3 is 6.18 Å². The van der Waals surface area contributed by atoms with Crippen LogP contribution in [0, 0.1) is 5.92 Å². The van der Waals surface area contributed by atoms with Gasteiger partial charge < -0.3 is 24.6 Å². The number of piperidine rings is 1. The van der Waals surface area contributed by atoms with Crippen LogP contribution >= 0.6 is 0 Å². The second-order valence-corrected chi connectivity index (χ2v) is 10.9. The molecule has 1 saturated carbocycles. The Balaban J connectivity index is 1.22. The predicted octanol–water partition coefficient (Wildman–Crippen LogP) is 5.13. The van der Waals surface area contributed by atoms with E-state index >= 15 is 0 Å². The van der Waals surface area contributed by atoms with Crippen molar-refractivity contribution in [1.82, 2.24) is 24.9 Å². The minimum Gasteiger partial charge on any atom is -0.379 e. The molecular weight excluding hydrogens is 540 g/mol. The Hall–Kier alpha value is -3.93. The van der Waals surface area contributed by atoms with Crippen molar-refractivity contribution < 1.29 is 26.9 Å². The minimum atomic E-state index is -4.51. The fourth-order valence-electron chi connectivity index (χ4n) is 5.64. The van der Waals surface area contributed by atoms with Crippen molar-refractivity contribution in [2.75, 3.05) is 25.5 Å². The number of nitrogens with zero attached hydrogens (tertiary/aromatic N) is 4. The molecule has 1 aliphatic heterocycles. The first-order valence-corrected chi connectivity index (χ1v) is 13.6. The molecule has 2 aromatic carbocycles. The number of benzene rings is 2. The summed E-state index contributed by atoms with van der Waals surface area (Å²) in [4.78, 5) is 18.8. The molecule has 3 heterocycles. The molecule has 2 aliphatic rings. The summed E-state index contributed by atoms with van der Waals surface area (Å²) in [5, 5.41) is 10.4. The number of likely N-dealkylation sites (tertiary alicyclic amines) is 1. The third kappa shape index (κ3) is 5.92. The number of amides is 1. The molecule has 41 heavy (non-hydrogen) atoms. The van der Waals surface area contributed by atoms with Crippen LogP contribution in [0.1, 0.15) is 30.2 Å². The van der Waals surface area contributed by atoms with Crippen molar-refractivity contribution in [1.29, 1.82) is 0 Å². The number of alkyl halides is 4. The van der Waals surface area contributed by atoms with Gasteiger partial charge in [-0.3, -0.25) is 4.79 Å². The van der Waals surface area contributed by atoms with Crippen LogP contribution in [0.3, 0.4) is 0 Å². The fraction of sp³-hybridized carbons (Fsp3) is 0.414. The Kier molecular flexibility index (Phi) is 7.18. The minimum absolute atomic E-state index is 0.0307. The number of carbonyl (C=O) groups excluding carboxylic acids is 1. The smallest absolute Gasteiger partial charge is 0.379 e. The Morgan fingerprint density at radius 3 is 2.71 bits per heavy atom. The van der Waals surface area contributed by atoms with Crippen molar-refractivity contribution in [3.05, 3.63) is 66.1 Å². The number of carbonyl (C=O) groups is 1. The zero-order chi connectivity index (χ0) is 28.7. The summed E-state index contributed by atoms with van der Waals surface area (Å²) in [6.45, 7) is -0.309. The monoisotopic (exact) mass is 570 g/mol. The van der Waals surface area contributed by atoms with Gasteiger partial charge in [0.15, 0.2) is 0 Å². The molecule has 216 valence electrons. The van der Waals surface area contributed by atoms with E-state index in [0.29, 0.717) is 29.6 Å². The summed E-state index contributed by atoms with van der Waals surface area (Å²) >= 11 is 0. The van der Waals surface area contributed by atoms with Crippen LogP contribution in [0.5, 0.6) is 0 Å². The number of aromatic nitrogens is 3. The van der Waals surface area contributed by atoms with Crippen LogP contribution in [-0.2, 0) is 17.9 Å². The van der Waals surface area contributed by atoms with Crippen molar-refractivity contribution in [2.45, 2.75) is 50.2 Å². The van der Waals surface area contributed by atoms with E-state index < -0.39 is 24.9 Å². The second kappa shape index (κ2) is 10.8. The van der Waals surface area contributed by atoms with E-state index in [-0.39, 0.29) is 48.2 Å². The molecule has 0 bridgehead atoms. The molecule has 4 atom stereocenters. The Morgan fingerprint density at radius 1 is 1.15 bits per heavy atom. The van der Waals surface area contributed by atoms with E-state index in [9.17, 15) is 22.4 Å². The lowest BCUT2D eigenvalue weighted by Gasteiger charge is -2.33. The fourth-order valence-corrected chi connectivity index (χ4v) is 5.64. The molecule has 2 N–H and O–H groups in total. The number of hydrogen-bond acceptors (Lipinski definition) is 6. The number of halogens is 4. The van der Waals surface area contributed by atoms with Gasteiger partial charge in [-0.2, -0.15) is 18.2 Å². The van der Waals surface area contributed by atoms with Crippen LogP contribution < -0.4 is 10.6 Å². The molecule has 1 aliphatic carbocycles. The summed E-state index contributed by atoms with van der Waals surface area (Å²) in [5.41, 5.74) is 2.07. The normalized spacial score (nSPS) is 23.0. The third-order valence-corrected chi connectivity index (χ3v) is 7.83. The quantitative estimate of drug-likeness (QED) is 0.286. The number of fused-ring (bicyclic) bond motifs is 1. The molecule has 8 nitrogen and oxygen atoms in total. The van der Waals surface area contributed by atoms with Gasteiger partial charge in [0.25, 0.3) is 0 Å². The molecular formula is C29H30F4N6O2. The first-order chi connectivity index (χ1) is 19.7. The van der Waals surface area contributed by atoms with E-state index in [2.05, 4.69) is 20.8 Å². The van der Waals surface area contributed by atoms with Crippen LogP contribution in [0.15, 0.2) is 59.1 Å². The lowest BCUT2D eigenvalue weighted by Crippen LogP contribution is -2.46. The summed E-state index contributed by atoms with van der Waals surface area (Å²) in [6.07, 6.45) is -4.31. The molecule has 2 fully saturated rings. The lowest BCUT2D eigenvalue weighted by molar-refractivity contribution is -0.139. The summed E-state index contributed by atoms with van der Waals surface area (Å²) < 4.78 is 62.1. The highest BCUT2D eigenvalue weighted by molar-refractivity contribution is 5.96. The molecule has 12 heteroatoms. The Morgan fingerprint density at radius 2 is 1.95 bits per heavy atom.